The van der Waals surface area contributed by atoms with Gasteiger partial charge in [0.1, 0.15) is 0 Å². The van der Waals surface area contributed by atoms with E-state index in [-0.39, 0.29) is 27.5 Å². The molecule has 0 spiro atoms. The molecule has 0 fully saturated rings. The molecule has 0 aromatic heterocycles. The molecule has 0 saturated carbocycles. The lowest BCUT2D eigenvalue weighted by atomic mass is 10.2. The van der Waals surface area contributed by atoms with Crippen LogP contribution >= 0.6 is 11.6 Å². The van der Waals surface area contributed by atoms with Gasteiger partial charge in [-0.1, -0.05) is 29.3 Å². The van der Waals surface area contributed by atoms with E-state index in [1.54, 1.807) is 30.3 Å². The van der Waals surface area contributed by atoms with Gasteiger partial charge in [-0.3, -0.25) is 9.10 Å². The van der Waals surface area contributed by atoms with Crippen molar-refractivity contribution in [2.75, 3.05) is 24.5 Å². The van der Waals surface area contributed by atoms with E-state index in [0.717, 1.165) is 9.87 Å². The van der Waals surface area contributed by atoms with Gasteiger partial charge in [-0.15, -0.1) is 0 Å². The molecule has 0 saturated heterocycles. The lowest BCUT2D eigenvalue weighted by molar-refractivity contribution is 0.0757. The Kier molecular flexibility index (Phi) is 8.07. The number of nitrogens with one attached hydrogen (secondary N) is 1. The molecule has 6 nitrogen and oxygen atoms in total. The summed E-state index contributed by atoms with van der Waals surface area (Å²) in [4.78, 5) is 12.7. The minimum Gasteiger partial charge on any atom is -0.379 e. The van der Waals surface area contributed by atoms with Gasteiger partial charge in [-0.05, 0) is 57.5 Å². The Labute approximate surface area is 177 Å². The number of benzene rings is 2. The number of nitrogens with zero attached hydrogens (tertiary/aromatic N) is 1. The highest BCUT2D eigenvalue weighted by Crippen LogP contribution is 2.27. The van der Waals surface area contributed by atoms with Gasteiger partial charge in [0.25, 0.3) is 15.9 Å². The highest BCUT2D eigenvalue weighted by Gasteiger charge is 2.22. The van der Waals surface area contributed by atoms with Crippen LogP contribution in [0.1, 0.15) is 36.2 Å². The van der Waals surface area contributed by atoms with Crippen LogP contribution in [0.5, 0.6) is 0 Å². The third kappa shape index (κ3) is 6.19. The van der Waals surface area contributed by atoms with Gasteiger partial charge >= 0.3 is 0 Å². The number of carbonyl (C=O) groups is 1. The van der Waals surface area contributed by atoms with Crippen LogP contribution in [0.2, 0.25) is 5.02 Å². The molecule has 0 aliphatic rings. The third-order valence-electron chi connectivity index (χ3n) is 4.30. The van der Waals surface area contributed by atoms with Crippen LogP contribution < -0.4 is 9.62 Å². The fourth-order valence-electron chi connectivity index (χ4n) is 2.58. The molecule has 2 aromatic carbocycles. The molecule has 2 aromatic rings. The summed E-state index contributed by atoms with van der Waals surface area (Å²) in [5.74, 6) is -0.359. The molecule has 0 heterocycles. The molecule has 2 rings (SSSR count). The molecule has 0 radical (unpaired) electrons. The first-order valence-corrected chi connectivity index (χ1v) is 11.2. The number of halogens is 1. The number of carbonyl (C=O) groups excluding carboxylic acids is 1. The van der Waals surface area contributed by atoms with E-state index >= 15 is 0 Å². The molecule has 0 atom stereocenters. The van der Waals surface area contributed by atoms with Gasteiger partial charge in [0.05, 0.1) is 27.3 Å². The summed E-state index contributed by atoms with van der Waals surface area (Å²) in [6.07, 6.45) is 0.811. The van der Waals surface area contributed by atoms with Gasteiger partial charge in [-0.25, -0.2) is 8.42 Å². The first kappa shape index (κ1) is 23.2. The maximum absolute atomic E-state index is 12.9. The zero-order valence-corrected chi connectivity index (χ0v) is 18.7. The molecular weight excluding hydrogens is 412 g/mol. The third-order valence-corrected chi connectivity index (χ3v) is 6.42. The van der Waals surface area contributed by atoms with E-state index in [9.17, 15) is 13.2 Å². The van der Waals surface area contributed by atoms with Crippen molar-refractivity contribution >= 4 is 33.2 Å². The van der Waals surface area contributed by atoms with E-state index in [1.807, 2.05) is 20.8 Å². The molecule has 0 aliphatic carbocycles. The number of hydrogen-bond donors (Lipinski definition) is 1. The number of rotatable bonds is 9. The minimum atomic E-state index is -3.75. The Morgan fingerprint density at radius 3 is 2.45 bits per heavy atom. The standard InChI is InChI=1S/C21H27ClN2O4S/c1-15(2)28-13-5-12-23-21(25)19-14-17(8-11-20(19)22)24(4)29(26,27)18-9-6-16(3)7-10-18/h6-11,14-15H,5,12-13H2,1-4H3,(H,23,25). The van der Waals surface area contributed by atoms with E-state index < -0.39 is 10.0 Å². The highest BCUT2D eigenvalue weighted by molar-refractivity contribution is 7.92. The highest BCUT2D eigenvalue weighted by atomic mass is 35.5. The number of anilines is 1. The predicted molar refractivity (Wildman–Crippen MR) is 116 cm³/mol. The van der Waals surface area contributed by atoms with E-state index in [2.05, 4.69) is 5.32 Å². The average molecular weight is 439 g/mol. The molecule has 0 unspecified atom stereocenters. The first-order valence-electron chi connectivity index (χ1n) is 9.38. The Morgan fingerprint density at radius 1 is 1.17 bits per heavy atom. The molecular formula is C21H27ClN2O4S. The SMILES string of the molecule is Cc1ccc(S(=O)(=O)N(C)c2ccc(Cl)c(C(=O)NCCCOC(C)C)c2)cc1. The smallest absolute Gasteiger partial charge is 0.264 e. The summed E-state index contributed by atoms with van der Waals surface area (Å²) in [6, 6.07) is 11.2. The second-order valence-corrected chi connectivity index (χ2v) is 9.36. The molecule has 29 heavy (non-hydrogen) atoms. The van der Waals surface area contributed by atoms with Crippen LogP contribution in [0, 0.1) is 6.92 Å². The summed E-state index contributed by atoms with van der Waals surface area (Å²) < 4.78 is 32.4. The van der Waals surface area contributed by atoms with Crippen LogP contribution in [-0.2, 0) is 14.8 Å². The van der Waals surface area contributed by atoms with Crippen molar-refractivity contribution < 1.29 is 17.9 Å². The van der Waals surface area contributed by atoms with E-state index in [1.165, 1.54) is 19.2 Å². The summed E-state index contributed by atoms with van der Waals surface area (Å²) in [5.41, 5.74) is 1.54. The van der Waals surface area contributed by atoms with Crippen molar-refractivity contribution in [3.63, 3.8) is 0 Å². The van der Waals surface area contributed by atoms with Crippen molar-refractivity contribution in [3.8, 4) is 0 Å². The van der Waals surface area contributed by atoms with Crippen LogP contribution in [-0.4, -0.2) is 40.6 Å². The van der Waals surface area contributed by atoms with Crippen molar-refractivity contribution in [3.05, 3.63) is 58.6 Å². The normalized spacial score (nSPS) is 11.5. The molecule has 0 aliphatic heterocycles. The fourth-order valence-corrected chi connectivity index (χ4v) is 3.97. The Hall–Kier alpha value is -2.09. The van der Waals surface area contributed by atoms with Gasteiger partial charge < -0.3 is 10.1 Å². The second-order valence-electron chi connectivity index (χ2n) is 6.98. The predicted octanol–water partition coefficient (Wildman–Crippen LogP) is 4.02. The Balaban J connectivity index is 2.14. The fraction of sp³-hybridized carbons (Fsp3) is 0.381. The van der Waals surface area contributed by atoms with Crippen LogP contribution in [0.4, 0.5) is 5.69 Å². The molecule has 158 valence electrons. The topological polar surface area (TPSA) is 75.7 Å². The molecule has 8 heteroatoms. The number of amides is 1. The maximum Gasteiger partial charge on any atom is 0.264 e. The summed E-state index contributed by atoms with van der Waals surface area (Å²) >= 11 is 6.17. The zero-order valence-electron chi connectivity index (χ0n) is 17.1. The van der Waals surface area contributed by atoms with E-state index in [4.69, 9.17) is 16.3 Å². The van der Waals surface area contributed by atoms with Gasteiger partial charge in [-0.2, -0.15) is 0 Å². The van der Waals surface area contributed by atoms with Crippen molar-refractivity contribution in [2.24, 2.45) is 0 Å². The minimum absolute atomic E-state index is 0.142. The average Bonchev–Trinajstić information content (AvgIpc) is 2.67. The Morgan fingerprint density at radius 2 is 1.83 bits per heavy atom. The molecule has 1 amide bonds. The second kappa shape index (κ2) is 10.1. The first-order chi connectivity index (χ1) is 13.6. The lowest BCUT2D eigenvalue weighted by Crippen LogP contribution is -2.28. The number of aryl methyl sites for hydroxylation is 1. The zero-order chi connectivity index (χ0) is 21.6. The molecule has 1 N–H and O–H groups in total. The maximum atomic E-state index is 12.9. The van der Waals surface area contributed by atoms with E-state index in [0.29, 0.717) is 25.3 Å². The number of hydrogen-bond acceptors (Lipinski definition) is 4. The van der Waals surface area contributed by atoms with Crippen LogP contribution in [0.15, 0.2) is 47.4 Å². The number of sulfonamides is 1. The molecule has 0 bridgehead atoms. The lowest BCUT2D eigenvalue weighted by Gasteiger charge is -2.20. The van der Waals surface area contributed by atoms with Gasteiger partial charge in [0.15, 0.2) is 0 Å². The largest absolute Gasteiger partial charge is 0.379 e. The quantitative estimate of drug-likeness (QED) is 0.600. The van der Waals surface area contributed by atoms with Crippen molar-refractivity contribution in [2.45, 2.75) is 38.2 Å². The van der Waals surface area contributed by atoms with Gasteiger partial charge in [0, 0.05) is 20.2 Å². The van der Waals surface area contributed by atoms with Crippen LogP contribution in [0.25, 0.3) is 0 Å². The van der Waals surface area contributed by atoms with Crippen LogP contribution in [0.3, 0.4) is 0 Å². The Bertz CT molecular complexity index is 944. The summed E-state index contributed by atoms with van der Waals surface area (Å²) in [7, 11) is -2.31. The van der Waals surface area contributed by atoms with Crippen molar-refractivity contribution in [1.82, 2.24) is 5.32 Å². The van der Waals surface area contributed by atoms with Gasteiger partial charge in [0.2, 0.25) is 0 Å². The monoisotopic (exact) mass is 438 g/mol. The number of ether oxygens (including phenoxy) is 1. The van der Waals surface area contributed by atoms with Crippen molar-refractivity contribution in [1.29, 1.82) is 0 Å². The summed E-state index contributed by atoms with van der Waals surface area (Å²) in [6.45, 7) is 6.77. The summed E-state index contributed by atoms with van der Waals surface area (Å²) in [5, 5.41) is 3.04.